The topological polar surface area (TPSA) is 78.8 Å². The van der Waals surface area contributed by atoms with Crippen molar-refractivity contribution >= 4 is 0 Å². The number of β-amino-alcohol motifs (C(OH)–C–C–N with tert-alkyl or cyclic N) is 1. The van der Waals surface area contributed by atoms with Gasteiger partial charge in [0.05, 0.1) is 18.8 Å². The van der Waals surface area contributed by atoms with Crippen molar-refractivity contribution in [3.8, 4) is 0 Å². The van der Waals surface area contributed by atoms with Gasteiger partial charge in [-0.2, -0.15) is 5.01 Å². The molecule has 5 N–H and O–H groups in total. The number of hydrogen-bond acceptors (Lipinski definition) is 5. The largest absolute Gasteiger partial charge is 0.399 e. The summed E-state index contributed by atoms with van der Waals surface area (Å²) in [6, 6.07) is 0. The van der Waals surface area contributed by atoms with Crippen LogP contribution in [0.4, 0.5) is 0 Å². The van der Waals surface area contributed by atoms with Gasteiger partial charge in [0.1, 0.15) is 0 Å². The number of hydrogen-bond donors (Lipinski definition) is 3. The van der Waals surface area contributed by atoms with E-state index < -0.39 is 0 Å². The predicted molar refractivity (Wildman–Crippen MR) is 55.4 cm³/mol. The van der Waals surface area contributed by atoms with Gasteiger partial charge in [0.2, 0.25) is 0 Å². The van der Waals surface area contributed by atoms with Gasteiger partial charge in [0.15, 0.2) is 0 Å². The lowest BCUT2D eigenvalue weighted by Crippen LogP contribution is -2.46. The van der Waals surface area contributed by atoms with Crippen molar-refractivity contribution < 1.29 is 5.11 Å². The predicted octanol–water partition coefficient (Wildman–Crippen LogP) is -0.399. The summed E-state index contributed by atoms with van der Waals surface area (Å²) in [6.07, 6.45) is 0. The first kappa shape index (κ1) is 11.3. The normalized spacial score (nSPS) is 19.6. The lowest BCUT2D eigenvalue weighted by molar-refractivity contribution is 0.00836. The van der Waals surface area contributed by atoms with Gasteiger partial charge in [-0.3, -0.25) is 0 Å². The van der Waals surface area contributed by atoms with Crippen LogP contribution in [0.2, 0.25) is 0 Å². The molecule has 0 saturated carbocycles. The van der Waals surface area contributed by atoms with E-state index in [1.807, 2.05) is 5.01 Å². The Morgan fingerprint density at radius 2 is 2.00 bits per heavy atom. The first-order valence-corrected chi connectivity index (χ1v) is 4.77. The Bertz CT molecular complexity index is 244. The second kappa shape index (κ2) is 3.76. The van der Waals surface area contributed by atoms with E-state index in [4.69, 9.17) is 16.7 Å². The molecule has 0 fully saturated rings. The molecule has 0 aromatic carbocycles. The molecule has 82 valence electrons. The van der Waals surface area contributed by atoms with Crippen LogP contribution in [0, 0.1) is 5.41 Å². The zero-order valence-electron chi connectivity index (χ0n) is 9.12. The Hall–Kier alpha value is -0.780. The molecule has 1 heterocycles. The van der Waals surface area contributed by atoms with Crippen LogP contribution in [-0.4, -0.2) is 34.9 Å². The van der Waals surface area contributed by atoms with Crippen molar-refractivity contribution in [1.29, 1.82) is 0 Å². The quantitative estimate of drug-likeness (QED) is 0.529. The summed E-state index contributed by atoms with van der Waals surface area (Å²) in [5.41, 5.74) is 7.57. The molecule has 1 aliphatic rings. The molecule has 0 aromatic heterocycles. The van der Waals surface area contributed by atoms with E-state index in [2.05, 4.69) is 20.8 Å². The molecule has 0 unspecified atom stereocenters. The summed E-state index contributed by atoms with van der Waals surface area (Å²) < 4.78 is 0. The average Bonchev–Trinajstić information content (AvgIpc) is 2.26. The summed E-state index contributed by atoms with van der Waals surface area (Å²) in [7, 11) is 0. The van der Waals surface area contributed by atoms with E-state index in [1.165, 1.54) is 0 Å². The number of aliphatic hydroxyl groups excluding tert-OH is 1. The van der Waals surface area contributed by atoms with E-state index in [0.717, 1.165) is 11.4 Å². The fourth-order valence-corrected chi connectivity index (χ4v) is 1.76. The fraction of sp³-hybridized carbons (Fsp3) is 0.778. The van der Waals surface area contributed by atoms with E-state index in [-0.39, 0.29) is 12.0 Å². The van der Waals surface area contributed by atoms with Crippen molar-refractivity contribution in [2.45, 2.75) is 20.8 Å². The van der Waals surface area contributed by atoms with Gasteiger partial charge >= 0.3 is 0 Å². The second-order valence-electron chi connectivity index (χ2n) is 4.58. The average molecular weight is 200 g/mol. The summed E-state index contributed by atoms with van der Waals surface area (Å²) in [5.74, 6) is 5.90. The van der Waals surface area contributed by atoms with Crippen LogP contribution in [-0.2, 0) is 0 Å². The molecule has 1 rings (SSSR count). The van der Waals surface area contributed by atoms with Gasteiger partial charge in [-0.15, -0.1) is 0 Å². The lowest BCUT2D eigenvalue weighted by Gasteiger charge is -2.32. The Labute approximate surface area is 84.9 Å². The highest BCUT2D eigenvalue weighted by molar-refractivity contribution is 5.20. The molecule has 0 atom stereocenters. The van der Waals surface area contributed by atoms with Crippen LogP contribution >= 0.6 is 0 Å². The SMILES string of the molecule is CC(C)(C)C1=C(N)CN(CCO)N1N. The zero-order chi connectivity index (χ0) is 10.9. The Balaban J connectivity index is 2.82. The highest BCUT2D eigenvalue weighted by Crippen LogP contribution is 2.32. The van der Waals surface area contributed by atoms with E-state index in [9.17, 15) is 0 Å². The van der Waals surface area contributed by atoms with Crippen molar-refractivity contribution in [1.82, 2.24) is 10.1 Å². The van der Waals surface area contributed by atoms with Gasteiger partial charge in [-0.05, 0) is 0 Å². The number of nitrogens with zero attached hydrogens (tertiary/aromatic N) is 2. The van der Waals surface area contributed by atoms with E-state index in [0.29, 0.717) is 13.1 Å². The maximum atomic E-state index is 8.84. The maximum Gasteiger partial charge on any atom is 0.0730 e. The molecule has 5 nitrogen and oxygen atoms in total. The fourth-order valence-electron chi connectivity index (χ4n) is 1.76. The number of nitrogens with two attached hydrogens (primary N) is 2. The molecule has 0 spiro atoms. The summed E-state index contributed by atoms with van der Waals surface area (Å²) in [4.78, 5) is 0. The highest BCUT2D eigenvalue weighted by Gasteiger charge is 2.33. The lowest BCUT2D eigenvalue weighted by atomic mass is 9.91. The van der Waals surface area contributed by atoms with Crippen molar-refractivity contribution in [3.05, 3.63) is 11.4 Å². The van der Waals surface area contributed by atoms with Gasteiger partial charge in [0, 0.05) is 17.7 Å². The van der Waals surface area contributed by atoms with E-state index in [1.54, 1.807) is 5.12 Å². The molecule has 0 aromatic rings. The van der Waals surface area contributed by atoms with Crippen LogP contribution < -0.4 is 11.6 Å². The smallest absolute Gasteiger partial charge is 0.0730 e. The zero-order valence-corrected chi connectivity index (χ0v) is 9.12. The first-order valence-electron chi connectivity index (χ1n) is 4.77. The minimum Gasteiger partial charge on any atom is -0.399 e. The Morgan fingerprint density at radius 1 is 1.43 bits per heavy atom. The Morgan fingerprint density at radius 3 is 2.36 bits per heavy atom. The third-order valence-electron chi connectivity index (χ3n) is 2.26. The molecule has 14 heavy (non-hydrogen) atoms. The van der Waals surface area contributed by atoms with E-state index >= 15 is 0 Å². The van der Waals surface area contributed by atoms with Crippen LogP contribution in [0.25, 0.3) is 0 Å². The van der Waals surface area contributed by atoms with Crippen molar-refractivity contribution in [2.24, 2.45) is 17.0 Å². The monoisotopic (exact) mass is 200 g/mol. The van der Waals surface area contributed by atoms with Crippen LogP contribution in [0.5, 0.6) is 0 Å². The molecule has 0 saturated heterocycles. The number of rotatable bonds is 2. The molecule has 0 aliphatic carbocycles. The minimum absolute atomic E-state index is 0.0664. The summed E-state index contributed by atoms with van der Waals surface area (Å²) >= 11 is 0. The number of aliphatic hydroxyl groups is 1. The molecule has 0 radical (unpaired) electrons. The number of hydrazine groups is 2. The Kier molecular flexibility index (Phi) is 3.04. The van der Waals surface area contributed by atoms with Crippen LogP contribution in [0.15, 0.2) is 11.4 Å². The van der Waals surface area contributed by atoms with Crippen LogP contribution in [0.1, 0.15) is 20.8 Å². The molecule has 0 amide bonds. The standard InChI is InChI=1S/C9H20N4O/c1-9(2,3)8-7(10)6-12(4-5-14)13(8)11/h14H,4-6,10-11H2,1-3H3. The van der Waals surface area contributed by atoms with Gasteiger partial charge in [-0.1, -0.05) is 20.8 Å². The maximum absolute atomic E-state index is 8.84. The third kappa shape index (κ3) is 2.00. The molecule has 0 bridgehead atoms. The van der Waals surface area contributed by atoms with Crippen LogP contribution in [0.3, 0.4) is 0 Å². The molecular formula is C9H20N4O. The third-order valence-corrected chi connectivity index (χ3v) is 2.26. The summed E-state index contributed by atoms with van der Waals surface area (Å²) in [6.45, 7) is 7.39. The van der Waals surface area contributed by atoms with Gasteiger partial charge in [-0.25, -0.2) is 11.0 Å². The molecule has 5 heteroatoms. The molecule has 1 aliphatic heterocycles. The summed E-state index contributed by atoms with van der Waals surface area (Å²) in [5, 5.41) is 12.2. The molecular weight excluding hydrogens is 180 g/mol. The number of allylic oxidation sites excluding steroid dienone is 1. The minimum atomic E-state index is -0.0664. The van der Waals surface area contributed by atoms with Crippen molar-refractivity contribution in [3.63, 3.8) is 0 Å². The van der Waals surface area contributed by atoms with Gasteiger partial charge < -0.3 is 10.8 Å². The van der Waals surface area contributed by atoms with Crippen molar-refractivity contribution in [2.75, 3.05) is 19.7 Å². The second-order valence-corrected chi connectivity index (χ2v) is 4.58. The highest BCUT2D eigenvalue weighted by atomic mass is 16.3. The van der Waals surface area contributed by atoms with Gasteiger partial charge in [0.25, 0.3) is 0 Å². The first-order chi connectivity index (χ1) is 6.38.